The normalized spacial score (nSPS) is 10.3. The average Bonchev–Trinajstić information content (AvgIpc) is 2.77. The highest BCUT2D eigenvalue weighted by Crippen LogP contribution is 2.14. The van der Waals surface area contributed by atoms with Crippen molar-refractivity contribution in [2.45, 2.75) is 12.1 Å². The molecule has 2 rings (SSSR count). The van der Waals surface area contributed by atoms with Crippen molar-refractivity contribution in [3.8, 4) is 0 Å². The molecule has 0 bridgehead atoms. The Morgan fingerprint density at radius 2 is 2.28 bits per heavy atom. The minimum absolute atomic E-state index is 0.0291. The zero-order valence-electron chi connectivity index (χ0n) is 9.61. The van der Waals surface area contributed by atoms with E-state index in [1.807, 2.05) is 6.92 Å². The van der Waals surface area contributed by atoms with Crippen molar-refractivity contribution in [1.29, 1.82) is 0 Å². The van der Waals surface area contributed by atoms with E-state index in [1.54, 1.807) is 6.07 Å². The molecular formula is C11H11FN4OS. The van der Waals surface area contributed by atoms with Gasteiger partial charge in [-0.2, -0.15) is 4.98 Å². The van der Waals surface area contributed by atoms with E-state index >= 15 is 0 Å². The molecule has 2 N–H and O–H groups in total. The van der Waals surface area contributed by atoms with Gasteiger partial charge in [-0.1, -0.05) is 30.8 Å². The van der Waals surface area contributed by atoms with Crippen LogP contribution in [0.3, 0.4) is 0 Å². The van der Waals surface area contributed by atoms with Gasteiger partial charge < -0.3 is 0 Å². The molecule has 1 aromatic heterocycles. The highest BCUT2D eigenvalue weighted by Gasteiger charge is 2.12. The maximum atomic E-state index is 13.4. The number of carbonyl (C=O) groups is 1. The van der Waals surface area contributed by atoms with Crippen LogP contribution in [0.2, 0.25) is 0 Å². The molecule has 0 fully saturated rings. The molecule has 0 unspecified atom stereocenters. The zero-order valence-corrected chi connectivity index (χ0v) is 10.4. The first kappa shape index (κ1) is 12.6. The molecule has 18 heavy (non-hydrogen) atoms. The third kappa shape index (κ3) is 2.86. The summed E-state index contributed by atoms with van der Waals surface area (Å²) in [4.78, 5) is 15.8. The first-order chi connectivity index (χ1) is 8.70. The van der Waals surface area contributed by atoms with Crippen LogP contribution in [-0.2, 0) is 0 Å². The molecule has 94 valence electrons. The topological polar surface area (TPSA) is 70.7 Å². The summed E-state index contributed by atoms with van der Waals surface area (Å²) in [7, 11) is 0. The van der Waals surface area contributed by atoms with Crippen LogP contribution in [0.1, 0.15) is 17.3 Å². The molecule has 0 atom stereocenters. The van der Waals surface area contributed by atoms with Gasteiger partial charge in [-0.3, -0.25) is 10.1 Å². The van der Waals surface area contributed by atoms with Crippen molar-refractivity contribution >= 4 is 23.6 Å². The molecule has 2 aromatic rings. The Labute approximate surface area is 107 Å². The van der Waals surface area contributed by atoms with Crippen LogP contribution in [0.25, 0.3) is 0 Å². The number of nitrogens with one attached hydrogen (secondary N) is 2. The molecule has 1 heterocycles. The Morgan fingerprint density at radius 3 is 3.00 bits per heavy atom. The summed E-state index contributed by atoms with van der Waals surface area (Å²) in [6.45, 7) is 1.97. The Morgan fingerprint density at radius 1 is 1.50 bits per heavy atom. The number of benzene rings is 1. The van der Waals surface area contributed by atoms with Crippen LogP contribution < -0.4 is 5.32 Å². The summed E-state index contributed by atoms with van der Waals surface area (Å²) in [5, 5.41) is 9.47. The SMILES string of the molecule is CCSc1n[nH]c(NC(=O)c2ccccc2F)n1. The highest BCUT2D eigenvalue weighted by atomic mass is 32.2. The van der Waals surface area contributed by atoms with Crippen LogP contribution in [0.15, 0.2) is 29.4 Å². The lowest BCUT2D eigenvalue weighted by atomic mass is 10.2. The van der Waals surface area contributed by atoms with Gasteiger partial charge in [0.25, 0.3) is 5.91 Å². The number of hydrogen-bond donors (Lipinski definition) is 2. The molecule has 0 aliphatic rings. The third-order valence-electron chi connectivity index (χ3n) is 2.09. The van der Waals surface area contributed by atoms with Gasteiger partial charge in [0.15, 0.2) is 0 Å². The van der Waals surface area contributed by atoms with E-state index in [1.165, 1.54) is 30.0 Å². The van der Waals surface area contributed by atoms with Gasteiger partial charge in [0, 0.05) is 0 Å². The molecule has 0 radical (unpaired) electrons. The van der Waals surface area contributed by atoms with Crippen molar-refractivity contribution in [2.75, 3.05) is 11.1 Å². The average molecular weight is 266 g/mol. The van der Waals surface area contributed by atoms with Crippen molar-refractivity contribution in [2.24, 2.45) is 0 Å². The lowest BCUT2D eigenvalue weighted by Gasteiger charge is -2.01. The van der Waals surface area contributed by atoms with E-state index < -0.39 is 11.7 Å². The number of rotatable bonds is 4. The van der Waals surface area contributed by atoms with E-state index in [2.05, 4.69) is 20.5 Å². The fourth-order valence-electron chi connectivity index (χ4n) is 1.32. The molecule has 5 nitrogen and oxygen atoms in total. The summed E-state index contributed by atoms with van der Waals surface area (Å²) >= 11 is 1.44. The monoisotopic (exact) mass is 266 g/mol. The van der Waals surface area contributed by atoms with E-state index in [0.29, 0.717) is 5.16 Å². The Balaban J connectivity index is 2.09. The van der Waals surface area contributed by atoms with Gasteiger partial charge >= 0.3 is 0 Å². The maximum Gasteiger partial charge on any atom is 0.260 e. The Bertz CT molecular complexity index is 557. The lowest BCUT2D eigenvalue weighted by Crippen LogP contribution is -2.14. The van der Waals surface area contributed by atoms with Crippen molar-refractivity contribution in [1.82, 2.24) is 15.2 Å². The minimum Gasteiger partial charge on any atom is -0.291 e. The molecule has 0 aliphatic carbocycles. The molecule has 7 heteroatoms. The number of thioether (sulfide) groups is 1. The summed E-state index contributed by atoms with van der Waals surface area (Å²) in [6.07, 6.45) is 0. The van der Waals surface area contributed by atoms with Gasteiger partial charge in [0.05, 0.1) is 5.56 Å². The summed E-state index contributed by atoms with van der Waals surface area (Å²) < 4.78 is 13.4. The Kier molecular flexibility index (Phi) is 3.93. The first-order valence-corrected chi connectivity index (χ1v) is 6.30. The van der Waals surface area contributed by atoms with Crippen LogP contribution >= 0.6 is 11.8 Å². The molecule has 0 aliphatic heterocycles. The number of amides is 1. The van der Waals surface area contributed by atoms with Crippen LogP contribution in [-0.4, -0.2) is 26.8 Å². The van der Waals surface area contributed by atoms with E-state index in [0.717, 1.165) is 5.75 Å². The number of aromatic amines is 1. The maximum absolute atomic E-state index is 13.4. The van der Waals surface area contributed by atoms with Gasteiger partial charge in [-0.25, -0.2) is 9.49 Å². The second kappa shape index (κ2) is 5.63. The van der Waals surface area contributed by atoms with E-state index in [9.17, 15) is 9.18 Å². The quantitative estimate of drug-likeness (QED) is 0.833. The number of anilines is 1. The zero-order chi connectivity index (χ0) is 13.0. The standard InChI is InChI=1S/C11H11FN4OS/c1-2-18-11-14-10(15-16-11)13-9(17)7-5-3-4-6-8(7)12/h3-6H,2H2,1H3,(H2,13,14,15,16,17). The fraction of sp³-hybridized carbons (Fsp3) is 0.182. The minimum atomic E-state index is -0.572. The molecule has 1 aromatic carbocycles. The molecule has 0 saturated heterocycles. The number of H-pyrrole nitrogens is 1. The highest BCUT2D eigenvalue weighted by molar-refractivity contribution is 7.99. The van der Waals surface area contributed by atoms with Gasteiger partial charge in [-0.05, 0) is 17.9 Å². The second-order valence-corrected chi connectivity index (χ2v) is 4.56. The molecule has 0 saturated carbocycles. The first-order valence-electron chi connectivity index (χ1n) is 5.31. The smallest absolute Gasteiger partial charge is 0.260 e. The summed E-state index contributed by atoms with van der Waals surface area (Å²) in [5.74, 6) is -0.0902. The summed E-state index contributed by atoms with van der Waals surface area (Å²) in [6, 6.07) is 5.75. The fourth-order valence-corrected chi connectivity index (χ4v) is 1.84. The second-order valence-electron chi connectivity index (χ2n) is 3.33. The largest absolute Gasteiger partial charge is 0.291 e. The molecule has 0 spiro atoms. The van der Waals surface area contributed by atoms with Crippen LogP contribution in [0.4, 0.5) is 10.3 Å². The molecular weight excluding hydrogens is 255 g/mol. The number of aromatic nitrogens is 3. The number of carbonyl (C=O) groups excluding carboxylic acids is 1. The van der Waals surface area contributed by atoms with Crippen molar-refractivity contribution in [3.63, 3.8) is 0 Å². The predicted molar refractivity (Wildman–Crippen MR) is 67.1 cm³/mol. The van der Waals surface area contributed by atoms with Crippen molar-refractivity contribution < 1.29 is 9.18 Å². The van der Waals surface area contributed by atoms with Crippen molar-refractivity contribution in [3.05, 3.63) is 35.6 Å². The Hall–Kier alpha value is -1.89. The van der Waals surface area contributed by atoms with Gasteiger partial charge in [0.2, 0.25) is 11.1 Å². The number of nitrogens with zero attached hydrogens (tertiary/aromatic N) is 2. The van der Waals surface area contributed by atoms with Gasteiger partial charge in [-0.15, -0.1) is 5.10 Å². The number of halogens is 1. The van der Waals surface area contributed by atoms with E-state index in [-0.39, 0.29) is 11.5 Å². The third-order valence-corrected chi connectivity index (χ3v) is 2.82. The molecule has 1 amide bonds. The number of hydrogen-bond acceptors (Lipinski definition) is 4. The lowest BCUT2D eigenvalue weighted by molar-refractivity contribution is 0.102. The predicted octanol–water partition coefficient (Wildman–Crippen LogP) is 2.31. The summed E-state index contributed by atoms with van der Waals surface area (Å²) in [5.41, 5.74) is -0.0291. The van der Waals surface area contributed by atoms with Gasteiger partial charge in [0.1, 0.15) is 5.82 Å². The van der Waals surface area contributed by atoms with Crippen LogP contribution in [0.5, 0.6) is 0 Å². The van der Waals surface area contributed by atoms with E-state index in [4.69, 9.17) is 0 Å². The van der Waals surface area contributed by atoms with Crippen LogP contribution in [0, 0.1) is 5.82 Å².